The Bertz CT molecular complexity index is 682. The molecule has 0 N–H and O–H groups in total. The number of rotatable bonds is 5. The summed E-state index contributed by atoms with van der Waals surface area (Å²) in [5.41, 5.74) is 1.99. The van der Waals surface area contributed by atoms with E-state index in [0.29, 0.717) is 0 Å². The van der Waals surface area contributed by atoms with Crippen molar-refractivity contribution in [3.05, 3.63) is 89.6 Å². The van der Waals surface area contributed by atoms with Gasteiger partial charge in [-0.05, 0) is 24.4 Å². The topological polar surface area (TPSA) is 26.0 Å². The van der Waals surface area contributed by atoms with E-state index in [9.17, 15) is 0 Å². The van der Waals surface area contributed by atoms with E-state index in [1.165, 1.54) is 11.1 Å². The first-order chi connectivity index (χ1) is 10.7. The molecular formula is C19H20BNO. The van der Waals surface area contributed by atoms with Crippen LogP contribution in [0.4, 0.5) is 0 Å². The van der Waals surface area contributed by atoms with E-state index in [2.05, 4.69) is 67.3 Å². The van der Waals surface area contributed by atoms with Crippen molar-refractivity contribution in [3.8, 4) is 0 Å². The molecule has 0 saturated carbocycles. The second-order valence-corrected chi connectivity index (χ2v) is 5.74. The first kappa shape index (κ1) is 14.6. The maximum Gasteiger partial charge on any atom is 0.209 e. The molecule has 0 amide bonds. The van der Waals surface area contributed by atoms with Crippen LogP contribution in [0.3, 0.4) is 0 Å². The van der Waals surface area contributed by atoms with Gasteiger partial charge in [0.1, 0.15) is 13.0 Å². The van der Waals surface area contributed by atoms with Crippen LogP contribution in [-0.2, 0) is 11.7 Å². The Kier molecular flexibility index (Phi) is 4.14. The summed E-state index contributed by atoms with van der Waals surface area (Å²) in [4.78, 5) is 4.59. The molecule has 0 aliphatic carbocycles. The van der Waals surface area contributed by atoms with Crippen molar-refractivity contribution in [1.82, 2.24) is 4.98 Å². The molecule has 1 heterocycles. The van der Waals surface area contributed by atoms with Gasteiger partial charge >= 0.3 is 0 Å². The highest BCUT2D eigenvalue weighted by Crippen LogP contribution is 2.38. The molecule has 110 valence electrons. The van der Waals surface area contributed by atoms with E-state index in [0.717, 1.165) is 25.3 Å². The summed E-state index contributed by atoms with van der Waals surface area (Å²) in [6.07, 6.45) is 2.79. The molecule has 2 aromatic carbocycles. The molecule has 0 bridgehead atoms. The van der Waals surface area contributed by atoms with E-state index in [4.69, 9.17) is 4.42 Å². The number of hydrogen-bond donors (Lipinski definition) is 0. The van der Waals surface area contributed by atoms with Crippen molar-refractivity contribution in [2.45, 2.75) is 25.5 Å². The number of nitrogens with zero attached hydrogens (tertiary/aromatic N) is 1. The fourth-order valence-corrected chi connectivity index (χ4v) is 2.86. The summed E-state index contributed by atoms with van der Waals surface area (Å²) in [5, 5.41) is 0. The number of benzene rings is 2. The predicted octanol–water partition coefficient (Wildman–Crippen LogP) is 4.01. The first-order valence-corrected chi connectivity index (χ1v) is 7.81. The normalized spacial score (nSPS) is 11.4. The molecule has 0 fully saturated rings. The maximum absolute atomic E-state index is 6.09. The van der Waals surface area contributed by atoms with Crippen LogP contribution in [0.5, 0.6) is 0 Å². The molecule has 0 aliphatic rings. The van der Waals surface area contributed by atoms with Crippen molar-refractivity contribution in [2.24, 2.45) is 0 Å². The maximum atomic E-state index is 6.09. The van der Waals surface area contributed by atoms with Gasteiger partial charge in [-0.15, -0.1) is 0 Å². The van der Waals surface area contributed by atoms with Gasteiger partial charge in [-0.3, -0.25) is 0 Å². The molecule has 0 radical (unpaired) electrons. The minimum absolute atomic E-state index is 0.380. The van der Waals surface area contributed by atoms with Crippen LogP contribution in [0.15, 0.2) is 71.3 Å². The monoisotopic (exact) mass is 289 g/mol. The van der Waals surface area contributed by atoms with Gasteiger partial charge in [0.25, 0.3) is 0 Å². The Hall–Kier alpha value is -2.29. The second kappa shape index (κ2) is 6.23. The van der Waals surface area contributed by atoms with Crippen LogP contribution in [0.1, 0.15) is 29.7 Å². The lowest BCUT2D eigenvalue weighted by Gasteiger charge is -2.27. The Morgan fingerprint density at radius 3 is 2.00 bits per heavy atom. The van der Waals surface area contributed by atoms with Crippen molar-refractivity contribution < 1.29 is 4.42 Å². The molecule has 1 aromatic heterocycles. The van der Waals surface area contributed by atoms with E-state index in [1.807, 2.05) is 18.3 Å². The van der Waals surface area contributed by atoms with Crippen molar-refractivity contribution in [3.63, 3.8) is 0 Å². The Morgan fingerprint density at radius 2 is 1.50 bits per heavy atom. The van der Waals surface area contributed by atoms with Gasteiger partial charge in [-0.25, -0.2) is 4.98 Å². The first-order valence-electron chi connectivity index (χ1n) is 7.81. The third-order valence-electron chi connectivity index (χ3n) is 4.18. The minimum Gasteiger partial charge on any atom is -0.445 e. The second-order valence-electron chi connectivity index (χ2n) is 5.74. The highest BCUT2D eigenvalue weighted by atomic mass is 16.4. The fraction of sp³-hybridized carbons (Fsp3) is 0.211. The van der Waals surface area contributed by atoms with E-state index in [1.54, 1.807) is 0 Å². The number of hydrogen-bond acceptors (Lipinski definition) is 2. The fourth-order valence-electron chi connectivity index (χ4n) is 2.86. The van der Waals surface area contributed by atoms with Crippen LogP contribution in [-0.4, -0.2) is 12.3 Å². The molecule has 0 aliphatic heterocycles. The summed E-state index contributed by atoms with van der Waals surface area (Å²) < 4.78 is 6.09. The third kappa shape index (κ3) is 2.59. The van der Waals surface area contributed by atoms with E-state index >= 15 is 0 Å². The summed E-state index contributed by atoms with van der Waals surface area (Å²) in [5.74, 6) is 1.71. The van der Waals surface area contributed by atoms with Crippen LogP contribution >= 0.6 is 0 Å². The molecule has 3 aromatic rings. The molecule has 3 rings (SSSR count). The highest BCUT2D eigenvalue weighted by molar-refractivity contribution is 6.32. The Labute approximate surface area is 132 Å². The van der Waals surface area contributed by atoms with Crippen LogP contribution < -0.4 is 0 Å². The minimum atomic E-state index is -0.380. The average molecular weight is 289 g/mol. The quantitative estimate of drug-likeness (QED) is 0.663. The van der Waals surface area contributed by atoms with Crippen molar-refractivity contribution in [1.29, 1.82) is 0 Å². The number of aromatic nitrogens is 1. The van der Waals surface area contributed by atoms with E-state index in [-0.39, 0.29) is 5.41 Å². The van der Waals surface area contributed by atoms with Crippen LogP contribution in [0.2, 0.25) is 6.82 Å². The lowest BCUT2D eigenvalue weighted by atomic mass is 9.76. The zero-order chi connectivity index (χ0) is 15.4. The lowest BCUT2D eigenvalue weighted by molar-refractivity contribution is 0.411. The van der Waals surface area contributed by atoms with Gasteiger partial charge in [0, 0.05) is 0 Å². The van der Waals surface area contributed by atoms with Gasteiger partial charge in [0.05, 0.1) is 11.6 Å². The Morgan fingerprint density at radius 1 is 0.955 bits per heavy atom. The molecule has 0 saturated heterocycles. The van der Waals surface area contributed by atoms with Crippen molar-refractivity contribution >= 4 is 7.28 Å². The van der Waals surface area contributed by atoms with Gasteiger partial charge in [-0.1, -0.05) is 67.5 Å². The van der Waals surface area contributed by atoms with Crippen molar-refractivity contribution in [2.75, 3.05) is 0 Å². The van der Waals surface area contributed by atoms with Gasteiger partial charge in [0.2, 0.25) is 5.89 Å². The zero-order valence-corrected chi connectivity index (χ0v) is 13.1. The SMILES string of the molecule is CBCc1cnc(C(C)(c2ccccc2)c2ccccc2)o1. The lowest BCUT2D eigenvalue weighted by Crippen LogP contribution is -2.25. The van der Waals surface area contributed by atoms with E-state index < -0.39 is 0 Å². The highest BCUT2D eigenvalue weighted by Gasteiger charge is 2.35. The zero-order valence-electron chi connectivity index (χ0n) is 13.1. The molecule has 3 heteroatoms. The molecular weight excluding hydrogens is 269 g/mol. The molecule has 0 unspecified atom stereocenters. The summed E-state index contributed by atoms with van der Waals surface area (Å²) in [6, 6.07) is 20.9. The molecule has 0 atom stereocenters. The largest absolute Gasteiger partial charge is 0.445 e. The smallest absolute Gasteiger partial charge is 0.209 e. The average Bonchev–Trinajstić information content (AvgIpc) is 3.05. The van der Waals surface area contributed by atoms with Gasteiger partial charge < -0.3 is 4.42 Å². The van der Waals surface area contributed by atoms with Crippen LogP contribution in [0.25, 0.3) is 0 Å². The third-order valence-corrected chi connectivity index (χ3v) is 4.18. The molecule has 22 heavy (non-hydrogen) atoms. The summed E-state index contributed by atoms with van der Waals surface area (Å²) >= 11 is 0. The summed E-state index contributed by atoms with van der Waals surface area (Å²) in [7, 11) is 1.06. The summed E-state index contributed by atoms with van der Waals surface area (Å²) in [6.45, 7) is 4.33. The Balaban J connectivity index is 2.14. The molecule has 2 nitrogen and oxygen atoms in total. The van der Waals surface area contributed by atoms with Crippen LogP contribution in [0, 0.1) is 0 Å². The molecule has 0 spiro atoms. The number of oxazole rings is 1. The van der Waals surface area contributed by atoms with Gasteiger partial charge in [-0.2, -0.15) is 0 Å². The van der Waals surface area contributed by atoms with Gasteiger partial charge in [0.15, 0.2) is 0 Å². The predicted molar refractivity (Wildman–Crippen MR) is 91.7 cm³/mol. The standard InChI is InChI=1S/C19H20BNO/c1-19(15-9-5-3-6-10-15,16-11-7-4-8-12-16)18-21-14-17(22-18)13-20-2/h3-12,14,20H,13H2,1-2H3.